The number of aromatic nitrogens is 2. The van der Waals surface area contributed by atoms with Gasteiger partial charge in [-0.2, -0.15) is 16.7 Å². The molecule has 0 fully saturated rings. The molecule has 0 aliphatic carbocycles. The Morgan fingerprint density at radius 1 is 1.50 bits per heavy atom. The maximum absolute atomic E-state index is 9.39. The monoisotopic (exact) mass is 265 g/mol. The highest BCUT2D eigenvalue weighted by molar-refractivity contribution is 7.98. The van der Waals surface area contributed by atoms with Gasteiger partial charge in [-0.1, -0.05) is 17.3 Å². The van der Waals surface area contributed by atoms with Crippen LogP contribution < -0.4 is 5.73 Å². The van der Waals surface area contributed by atoms with Gasteiger partial charge >= 0.3 is 0 Å². The minimum atomic E-state index is -0.240. The van der Waals surface area contributed by atoms with E-state index in [1.165, 1.54) is 0 Å². The Balaban J connectivity index is 2.15. The zero-order valence-electron chi connectivity index (χ0n) is 10.0. The quantitative estimate of drug-likeness (QED) is 0.862. The van der Waals surface area contributed by atoms with E-state index in [1.807, 2.05) is 12.3 Å². The average molecular weight is 265 g/mol. The molecule has 0 bridgehead atoms. The highest BCUT2D eigenvalue weighted by Gasteiger charge is 2.15. The molecule has 5 nitrogen and oxygen atoms in total. The highest BCUT2D eigenvalue weighted by Crippen LogP contribution is 2.22. The van der Waals surface area contributed by atoms with Crippen molar-refractivity contribution in [2.75, 3.05) is 12.0 Å². The molecule has 0 aliphatic rings. The van der Waals surface area contributed by atoms with Crippen LogP contribution in [0, 0.1) is 0 Å². The molecule has 0 saturated carbocycles. The largest absolute Gasteiger partial charge is 0.508 e. The predicted molar refractivity (Wildman–Crippen MR) is 71.3 cm³/mol. The normalized spacial score (nSPS) is 12.6. The molecule has 1 atom stereocenters. The third-order valence-electron chi connectivity index (χ3n) is 2.50. The Hall–Kier alpha value is -1.53. The van der Waals surface area contributed by atoms with E-state index < -0.39 is 0 Å². The molecule has 0 saturated heterocycles. The second-order valence-electron chi connectivity index (χ2n) is 3.89. The van der Waals surface area contributed by atoms with E-state index in [0.717, 1.165) is 12.2 Å². The molecular weight excluding hydrogens is 250 g/mol. The summed E-state index contributed by atoms with van der Waals surface area (Å²) >= 11 is 1.73. The fraction of sp³-hybridized carbons (Fsp3) is 0.333. The number of hydrogen-bond donors (Lipinski definition) is 2. The van der Waals surface area contributed by atoms with Gasteiger partial charge in [0.1, 0.15) is 5.75 Å². The minimum Gasteiger partial charge on any atom is -0.508 e. The first kappa shape index (κ1) is 12.9. The number of hydrogen-bond acceptors (Lipinski definition) is 6. The van der Waals surface area contributed by atoms with Crippen LogP contribution in [-0.2, 0) is 0 Å². The predicted octanol–water partition coefficient (Wildman–Crippen LogP) is 2.20. The topological polar surface area (TPSA) is 85.2 Å². The molecule has 1 heterocycles. The fourth-order valence-electron chi connectivity index (χ4n) is 1.52. The fourth-order valence-corrected chi connectivity index (χ4v) is 2.01. The van der Waals surface area contributed by atoms with Crippen LogP contribution in [0.3, 0.4) is 0 Å². The third-order valence-corrected chi connectivity index (χ3v) is 3.14. The Labute approximate surface area is 109 Å². The molecule has 2 aromatic rings. The lowest BCUT2D eigenvalue weighted by Gasteiger charge is -2.03. The van der Waals surface area contributed by atoms with Gasteiger partial charge in [-0.05, 0) is 30.6 Å². The van der Waals surface area contributed by atoms with Gasteiger partial charge in [-0.15, -0.1) is 0 Å². The summed E-state index contributed by atoms with van der Waals surface area (Å²) in [6.07, 6.45) is 2.82. The molecule has 0 spiro atoms. The molecule has 0 aliphatic heterocycles. The molecule has 3 N–H and O–H groups in total. The zero-order valence-corrected chi connectivity index (χ0v) is 10.9. The van der Waals surface area contributed by atoms with Crippen LogP contribution >= 0.6 is 11.8 Å². The van der Waals surface area contributed by atoms with E-state index in [0.29, 0.717) is 17.3 Å². The van der Waals surface area contributed by atoms with Crippen LogP contribution in [0.5, 0.6) is 5.75 Å². The summed E-state index contributed by atoms with van der Waals surface area (Å²) in [5.41, 5.74) is 6.65. The number of rotatable bonds is 5. The van der Waals surface area contributed by atoms with Crippen LogP contribution in [0.1, 0.15) is 18.4 Å². The van der Waals surface area contributed by atoms with Crippen molar-refractivity contribution in [1.29, 1.82) is 0 Å². The zero-order chi connectivity index (χ0) is 13.0. The molecule has 0 amide bonds. The lowest BCUT2D eigenvalue weighted by molar-refractivity contribution is 0.353. The molecule has 96 valence electrons. The third kappa shape index (κ3) is 3.02. The van der Waals surface area contributed by atoms with E-state index >= 15 is 0 Å². The van der Waals surface area contributed by atoms with E-state index in [2.05, 4.69) is 10.1 Å². The first-order chi connectivity index (χ1) is 8.70. The van der Waals surface area contributed by atoms with Crippen LogP contribution in [-0.4, -0.2) is 27.3 Å². The van der Waals surface area contributed by atoms with Crippen molar-refractivity contribution in [3.8, 4) is 17.1 Å². The van der Waals surface area contributed by atoms with E-state index in [4.69, 9.17) is 10.3 Å². The van der Waals surface area contributed by atoms with Crippen LogP contribution in [0.4, 0.5) is 0 Å². The first-order valence-electron chi connectivity index (χ1n) is 5.58. The standard InChI is InChI=1S/C12H15N3O2S/c1-18-6-5-10(13)12-14-11(15-17-12)8-3-2-4-9(16)7-8/h2-4,7,10,16H,5-6,13H2,1H3/t10-/m0/s1. The molecule has 0 unspecified atom stereocenters. The van der Waals surface area contributed by atoms with Crippen LogP contribution in [0.25, 0.3) is 11.4 Å². The van der Waals surface area contributed by atoms with Crippen molar-refractivity contribution >= 4 is 11.8 Å². The molecular formula is C12H15N3O2S. The molecule has 1 aromatic heterocycles. The Morgan fingerprint density at radius 3 is 3.06 bits per heavy atom. The minimum absolute atomic E-state index is 0.172. The lowest BCUT2D eigenvalue weighted by Crippen LogP contribution is -2.11. The van der Waals surface area contributed by atoms with Crippen LogP contribution in [0.15, 0.2) is 28.8 Å². The van der Waals surface area contributed by atoms with E-state index in [1.54, 1.807) is 30.0 Å². The number of nitrogens with two attached hydrogens (primary N) is 1. The summed E-state index contributed by atoms with van der Waals surface area (Å²) < 4.78 is 5.14. The van der Waals surface area contributed by atoms with Gasteiger partial charge in [0.25, 0.3) is 0 Å². The maximum atomic E-state index is 9.39. The molecule has 18 heavy (non-hydrogen) atoms. The maximum Gasteiger partial charge on any atom is 0.243 e. The number of phenolic OH excluding ortho intramolecular Hbond substituents is 1. The van der Waals surface area contributed by atoms with Gasteiger partial charge in [0.2, 0.25) is 11.7 Å². The van der Waals surface area contributed by atoms with Crippen molar-refractivity contribution in [2.45, 2.75) is 12.5 Å². The number of nitrogens with zero attached hydrogens (tertiary/aromatic N) is 2. The lowest BCUT2D eigenvalue weighted by atomic mass is 10.2. The molecule has 6 heteroatoms. The van der Waals surface area contributed by atoms with Crippen molar-refractivity contribution in [1.82, 2.24) is 10.1 Å². The summed E-state index contributed by atoms with van der Waals surface area (Å²) in [6.45, 7) is 0. The SMILES string of the molecule is CSCC[C@H](N)c1nc(-c2cccc(O)c2)no1. The van der Waals surface area contributed by atoms with Crippen molar-refractivity contribution in [2.24, 2.45) is 5.73 Å². The summed E-state index contributed by atoms with van der Waals surface area (Å²) in [4.78, 5) is 4.25. The molecule has 1 aromatic carbocycles. The van der Waals surface area contributed by atoms with Crippen LogP contribution in [0.2, 0.25) is 0 Å². The number of aromatic hydroxyl groups is 1. The van der Waals surface area contributed by atoms with Gasteiger partial charge in [0.15, 0.2) is 0 Å². The summed E-state index contributed by atoms with van der Waals surface area (Å²) in [7, 11) is 0. The Kier molecular flexibility index (Phi) is 4.22. The summed E-state index contributed by atoms with van der Waals surface area (Å²) in [6, 6.07) is 6.48. The molecule has 0 radical (unpaired) electrons. The number of phenols is 1. The van der Waals surface area contributed by atoms with Gasteiger partial charge in [-0.25, -0.2) is 0 Å². The first-order valence-corrected chi connectivity index (χ1v) is 6.97. The van der Waals surface area contributed by atoms with E-state index in [9.17, 15) is 5.11 Å². The van der Waals surface area contributed by atoms with Gasteiger partial charge in [0, 0.05) is 5.56 Å². The van der Waals surface area contributed by atoms with Crippen molar-refractivity contribution in [3.63, 3.8) is 0 Å². The Morgan fingerprint density at radius 2 is 2.33 bits per heavy atom. The second-order valence-corrected chi connectivity index (χ2v) is 4.88. The second kappa shape index (κ2) is 5.88. The smallest absolute Gasteiger partial charge is 0.243 e. The average Bonchev–Trinajstić information content (AvgIpc) is 2.85. The summed E-state index contributed by atoms with van der Waals surface area (Å²) in [5.74, 6) is 2.00. The van der Waals surface area contributed by atoms with Crippen molar-refractivity contribution in [3.05, 3.63) is 30.2 Å². The van der Waals surface area contributed by atoms with E-state index in [-0.39, 0.29) is 11.8 Å². The number of benzene rings is 1. The molecule has 2 rings (SSSR count). The van der Waals surface area contributed by atoms with Gasteiger partial charge in [-0.3, -0.25) is 0 Å². The van der Waals surface area contributed by atoms with Gasteiger partial charge < -0.3 is 15.4 Å². The van der Waals surface area contributed by atoms with Gasteiger partial charge in [0.05, 0.1) is 6.04 Å². The summed E-state index contributed by atoms with van der Waals surface area (Å²) in [5, 5.41) is 13.3. The Bertz CT molecular complexity index is 516. The van der Waals surface area contributed by atoms with Crippen molar-refractivity contribution < 1.29 is 9.63 Å². The number of thioether (sulfide) groups is 1. The highest BCUT2D eigenvalue weighted by atomic mass is 32.2.